The number of benzene rings is 2. The number of carbonyl (C=O) groups excluding carboxylic acids is 1. The van der Waals surface area contributed by atoms with Gasteiger partial charge in [0.1, 0.15) is 11.5 Å². The Morgan fingerprint density at radius 2 is 1.96 bits per heavy atom. The third-order valence-corrected chi connectivity index (χ3v) is 4.69. The summed E-state index contributed by atoms with van der Waals surface area (Å²) in [5, 5.41) is 3.66. The highest BCUT2D eigenvalue weighted by molar-refractivity contribution is 6.31. The summed E-state index contributed by atoms with van der Waals surface area (Å²) in [7, 11) is 0. The van der Waals surface area contributed by atoms with Gasteiger partial charge in [-0.3, -0.25) is 4.79 Å². The van der Waals surface area contributed by atoms with Crippen LogP contribution in [-0.2, 0) is 11.2 Å². The van der Waals surface area contributed by atoms with Gasteiger partial charge in [-0.05, 0) is 68.5 Å². The van der Waals surface area contributed by atoms with Gasteiger partial charge < -0.3 is 14.8 Å². The molecule has 0 saturated heterocycles. The Kier molecular flexibility index (Phi) is 8.46. The Hall–Kier alpha value is -2.20. The minimum Gasteiger partial charge on any atom is -0.494 e. The van der Waals surface area contributed by atoms with Gasteiger partial charge in [0.2, 0.25) is 0 Å². The first-order valence-electron chi connectivity index (χ1n) is 9.46. The summed E-state index contributed by atoms with van der Waals surface area (Å²) in [6.07, 6.45) is 1.78. The van der Waals surface area contributed by atoms with E-state index in [1.54, 1.807) is 12.1 Å². The lowest BCUT2D eigenvalue weighted by Gasteiger charge is -2.18. The standard InChI is InChI=1S/C22H28ClNO3/c1-4-20(27-18-12-13-19(23)16(3)15-18)22(25)24-14-8-10-17-9-6-7-11-21(17)26-5-2/h6-7,9,11-13,15,20H,4-5,8,10,14H2,1-3H3,(H,24,25)/t20-/m1/s1. The van der Waals surface area contributed by atoms with Gasteiger partial charge in [-0.15, -0.1) is 0 Å². The van der Waals surface area contributed by atoms with Crippen molar-refractivity contribution in [3.05, 3.63) is 58.6 Å². The van der Waals surface area contributed by atoms with Crippen molar-refractivity contribution in [3.8, 4) is 11.5 Å². The monoisotopic (exact) mass is 389 g/mol. The minimum absolute atomic E-state index is 0.0943. The van der Waals surface area contributed by atoms with Gasteiger partial charge >= 0.3 is 0 Å². The topological polar surface area (TPSA) is 47.6 Å². The Bertz CT molecular complexity index is 748. The van der Waals surface area contributed by atoms with Crippen LogP contribution in [0.5, 0.6) is 11.5 Å². The summed E-state index contributed by atoms with van der Waals surface area (Å²) in [4.78, 5) is 12.4. The van der Waals surface area contributed by atoms with Crippen molar-refractivity contribution in [2.45, 2.75) is 46.1 Å². The molecule has 0 fully saturated rings. The van der Waals surface area contributed by atoms with E-state index in [4.69, 9.17) is 21.1 Å². The molecule has 4 nitrogen and oxygen atoms in total. The van der Waals surface area contributed by atoms with Crippen LogP contribution >= 0.6 is 11.6 Å². The van der Waals surface area contributed by atoms with Gasteiger partial charge in [0, 0.05) is 11.6 Å². The number of aryl methyl sites for hydroxylation is 2. The molecule has 0 aliphatic carbocycles. The van der Waals surface area contributed by atoms with Crippen molar-refractivity contribution in [1.29, 1.82) is 0 Å². The van der Waals surface area contributed by atoms with Crippen LogP contribution in [0.15, 0.2) is 42.5 Å². The van der Waals surface area contributed by atoms with Crippen molar-refractivity contribution in [2.75, 3.05) is 13.2 Å². The lowest BCUT2D eigenvalue weighted by molar-refractivity contribution is -0.128. The van der Waals surface area contributed by atoms with E-state index in [0.717, 1.165) is 29.7 Å². The molecule has 1 amide bonds. The number of rotatable bonds is 10. The normalized spacial score (nSPS) is 11.7. The average Bonchev–Trinajstić information content (AvgIpc) is 2.67. The molecule has 2 aromatic rings. The second kappa shape index (κ2) is 10.8. The molecule has 1 atom stereocenters. The maximum atomic E-state index is 12.4. The number of nitrogens with one attached hydrogen (secondary N) is 1. The molecular weight excluding hydrogens is 362 g/mol. The zero-order valence-electron chi connectivity index (χ0n) is 16.3. The van der Waals surface area contributed by atoms with Crippen LogP contribution in [0.1, 0.15) is 37.8 Å². The van der Waals surface area contributed by atoms with E-state index in [9.17, 15) is 4.79 Å². The van der Waals surface area contributed by atoms with Gasteiger partial charge in [0.15, 0.2) is 6.10 Å². The van der Waals surface area contributed by atoms with E-state index in [-0.39, 0.29) is 5.91 Å². The summed E-state index contributed by atoms with van der Waals surface area (Å²) >= 11 is 6.04. The molecule has 0 bridgehead atoms. The molecule has 0 aliphatic rings. The number of para-hydroxylation sites is 1. The van der Waals surface area contributed by atoms with E-state index in [1.165, 1.54) is 0 Å². The molecule has 2 rings (SSSR count). The summed E-state index contributed by atoms with van der Waals surface area (Å²) in [6, 6.07) is 13.4. The smallest absolute Gasteiger partial charge is 0.261 e. The van der Waals surface area contributed by atoms with Crippen LogP contribution in [-0.4, -0.2) is 25.2 Å². The Balaban J connectivity index is 1.82. The average molecular weight is 390 g/mol. The van der Waals surface area contributed by atoms with Crippen LogP contribution in [0.25, 0.3) is 0 Å². The van der Waals surface area contributed by atoms with Gasteiger partial charge in [0.25, 0.3) is 5.91 Å². The Labute approximate surface area is 166 Å². The van der Waals surface area contributed by atoms with E-state index < -0.39 is 6.10 Å². The molecule has 146 valence electrons. The predicted molar refractivity (Wildman–Crippen MR) is 110 cm³/mol. The molecule has 0 radical (unpaired) electrons. The fraction of sp³-hybridized carbons (Fsp3) is 0.409. The molecule has 1 N–H and O–H groups in total. The maximum absolute atomic E-state index is 12.4. The highest BCUT2D eigenvalue weighted by Gasteiger charge is 2.18. The Morgan fingerprint density at radius 3 is 2.67 bits per heavy atom. The number of hydrogen-bond donors (Lipinski definition) is 1. The number of hydrogen-bond acceptors (Lipinski definition) is 3. The van der Waals surface area contributed by atoms with Crippen molar-refractivity contribution < 1.29 is 14.3 Å². The zero-order chi connectivity index (χ0) is 19.6. The van der Waals surface area contributed by atoms with Crippen molar-refractivity contribution >= 4 is 17.5 Å². The highest BCUT2D eigenvalue weighted by Crippen LogP contribution is 2.22. The number of halogens is 1. The van der Waals surface area contributed by atoms with Crippen LogP contribution < -0.4 is 14.8 Å². The van der Waals surface area contributed by atoms with E-state index >= 15 is 0 Å². The summed E-state index contributed by atoms with van der Waals surface area (Å²) < 4.78 is 11.5. The van der Waals surface area contributed by atoms with Crippen LogP contribution in [0, 0.1) is 6.92 Å². The number of amides is 1. The van der Waals surface area contributed by atoms with E-state index in [2.05, 4.69) is 11.4 Å². The minimum atomic E-state index is -0.513. The zero-order valence-corrected chi connectivity index (χ0v) is 17.0. The molecule has 0 heterocycles. The van der Waals surface area contributed by atoms with E-state index in [1.807, 2.05) is 45.0 Å². The molecule has 0 aliphatic heterocycles. The molecule has 27 heavy (non-hydrogen) atoms. The van der Waals surface area contributed by atoms with Crippen molar-refractivity contribution in [1.82, 2.24) is 5.32 Å². The molecule has 0 unspecified atom stereocenters. The molecule has 0 saturated carbocycles. The molecule has 2 aromatic carbocycles. The molecule has 5 heteroatoms. The fourth-order valence-corrected chi connectivity index (χ4v) is 2.91. The van der Waals surface area contributed by atoms with Crippen molar-refractivity contribution in [3.63, 3.8) is 0 Å². The van der Waals surface area contributed by atoms with Crippen molar-refractivity contribution in [2.24, 2.45) is 0 Å². The van der Waals surface area contributed by atoms with Crippen LogP contribution in [0.4, 0.5) is 0 Å². The second-order valence-corrected chi connectivity index (χ2v) is 6.77. The predicted octanol–water partition coefficient (Wildman–Crippen LogP) is 4.95. The Morgan fingerprint density at radius 1 is 1.19 bits per heavy atom. The van der Waals surface area contributed by atoms with Gasteiger partial charge in [-0.2, -0.15) is 0 Å². The molecular formula is C22H28ClNO3. The first-order valence-corrected chi connectivity index (χ1v) is 9.84. The largest absolute Gasteiger partial charge is 0.494 e. The fourth-order valence-electron chi connectivity index (χ4n) is 2.79. The second-order valence-electron chi connectivity index (χ2n) is 6.36. The summed E-state index contributed by atoms with van der Waals surface area (Å²) in [5.41, 5.74) is 2.09. The van der Waals surface area contributed by atoms with Crippen LogP contribution in [0.2, 0.25) is 5.02 Å². The molecule has 0 spiro atoms. The lowest BCUT2D eigenvalue weighted by atomic mass is 10.1. The molecule has 0 aromatic heterocycles. The quantitative estimate of drug-likeness (QED) is 0.584. The van der Waals surface area contributed by atoms with Crippen LogP contribution in [0.3, 0.4) is 0 Å². The number of carbonyl (C=O) groups is 1. The summed E-state index contributed by atoms with van der Waals surface area (Å²) in [6.45, 7) is 7.07. The third kappa shape index (κ3) is 6.47. The third-order valence-electron chi connectivity index (χ3n) is 4.27. The summed E-state index contributed by atoms with van der Waals surface area (Å²) in [5.74, 6) is 1.48. The first kappa shape index (κ1) is 21.1. The maximum Gasteiger partial charge on any atom is 0.261 e. The SMILES string of the molecule is CCOc1ccccc1CCCNC(=O)[C@@H](CC)Oc1ccc(Cl)c(C)c1. The highest BCUT2D eigenvalue weighted by atomic mass is 35.5. The van der Waals surface area contributed by atoms with Gasteiger partial charge in [-0.1, -0.05) is 36.7 Å². The lowest BCUT2D eigenvalue weighted by Crippen LogP contribution is -2.38. The number of ether oxygens (including phenoxy) is 2. The van der Waals surface area contributed by atoms with E-state index in [0.29, 0.717) is 30.3 Å². The first-order chi connectivity index (χ1) is 13.0. The van der Waals surface area contributed by atoms with Gasteiger partial charge in [-0.25, -0.2) is 0 Å². The van der Waals surface area contributed by atoms with Gasteiger partial charge in [0.05, 0.1) is 6.61 Å².